The summed E-state index contributed by atoms with van der Waals surface area (Å²) in [6.07, 6.45) is 6.06. The van der Waals surface area contributed by atoms with Gasteiger partial charge in [0.25, 0.3) is 0 Å². The molecule has 1 saturated heterocycles. The monoisotopic (exact) mass is 458 g/mol. The van der Waals surface area contributed by atoms with Crippen molar-refractivity contribution in [3.63, 3.8) is 0 Å². The molecule has 4 aromatic rings. The van der Waals surface area contributed by atoms with Gasteiger partial charge in [0.05, 0.1) is 5.92 Å². The molecule has 1 atom stereocenters. The lowest BCUT2D eigenvalue weighted by Crippen LogP contribution is -2.32. The zero-order chi connectivity index (χ0) is 23.5. The van der Waals surface area contributed by atoms with E-state index in [1.165, 1.54) is 0 Å². The van der Waals surface area contributed by atoms with Gasteiger partial charge in [0.1, 0.15) is 5.82 Å². The van der Waals surface area contributed by atoms with Crippen molar-refractivity contribution < 1.29 is 4.79 Å². The first-order valence-electron chi connectivity index (χ1n) is 11.2. The highest BCUT2D eigenvalue weighted by Crippen LogP contribution is 2.24. The number of carbonyl (C=O) groups excluding carboxylic acids is 1. The quantitative estimate of drug-likeness (QED) is 0.385. The third-order valence-corrected chi connectivity index (χ3v) is 5.66. The van der Waals surface area contributed by atoms with Crippen molar-refractivity contribution >= 4 is 23.5 Å². The lowest BCUT2D eigenvalue weighted by molar-refractivity contribution is -0.124. The zero-order valence-corrected chi connectivity index (χ0v) is 19.1. The highest BCUT2D eigenvalue weighted by molar-refractivity contribution is 5.80. The molecular weight excluding hydrogens is 432 g/mol. The molecule has 11 nitrogen and oxygen atoms in total. The summed E-state index contributed by atoms with van der Waals surface area (Å²) in [4.78, 5) is 28.5. The van der Waals surface area contributed by atoms with Crippen molar-refractivity contribution in [3.8, 4) is 5.82 Å². The maximum Gasteiger partial charge on any atom is 0.227 e. The number of aromatic nitrogens is 7. The second-order valence-electron chi connectivity index (χ2n) is 8.38. The number of nitrogens with zero attached hydrogens (tertiary/aromatic N) is 7. The fourth-order valence-corrected chi connectivity index (χ4v) is 3.92. The van der Waals surface area contributed by atoms with E-state index in [4.69, 9.17) is 0 Å². The topological polar surface area (TPSA) is 130 Å². The molecule has 0 spiro atoms. The van der Waals surface area contributed by atoms with Crippen molar-refractivity contribution in [2.75, 3.05) is 23.3 Å². The Morgan fingerprint density at radius 3 is 2.85 bits per heavy atom. The van der Waals surface area contributed by atoms with Crippen LogP contribution in [0.1, 0.15) is 23.4 Å². The van der Waals surface area contributed by atoms with Gasteiger partial charge in [0.2, 0.25) is 11.9 Å². The molecular formula is C23H26N10O. The van der Waals surface area contributed by atoms with Crippen LogP contribution in [0.4, 0.5) is 17.6 Å². The van der Waals surface area contributed by atoms with Crippen molar-refractivity contribution in [2.24, 2.45) is 5.92 Å². The van der Waals surface area contributed by atoms with Crippen LogP contribution < -0.4 is 15.5 Å². The van der Waals surface area contributed by atoms with Crippen molar-refractivity contribution in [1.29, 1.82) is 0 Å². The lowest BCUT2D eigenvalue weighted by atomic mass is 10.1. The third kappa shape index (κ3) is 4.87. The SMILES string of the molecule is Cc1cc(Nc2cc(C)[nH]n2)nc(N2CCC(C(=O)NCc3ccc(-n4cccn4)nc3)C2)n1. The number of anilines is 3. The molecule has 0 aromatic carbocycles. The average Bonchev–Trinajstić information content (AvgIpc) is 3.60. The predicted octanol–water partition coefficient (Wildman–Crippen LogP) is 2.28. The molecule has 1 aliphatic heterocycles. The van der Waals surface area contributed by atoms with Crippen LogP contribution in [-0.2, 0) is 11.3 Å². The maximum absolute atomic E-state index is 12.8. The van der Waals surface area contributed by atoms with E-state index in [0.717, 1.165) is 35.7 Å². The summed E-state index contributed by atoms with van der Waals surface area (Å²) in [6.45, 7) is 5.60. The van der Waals surface area contributed by atoms with E-state index in [2.05, 4.69) is 45.8 Å². The molecule has 4 aromatic heterocycles. The minimum absolute atomic E-state index is 0.0247. The molecule has 5 heterocycles. The molecule has 3 N–H and O–H groups in total. The van der Waals surface area contributed by atoms with Gasteiger partial charge in [0, 0.05) is 61.7 Å². The van der Waals surface area contributed by atoms with Gasteiger partial charge in [-0.2, -0.15) is 15.2 Å². The van der Waals surface area contributed by atoms with Gasteiger partial charge >= 0.3 is 0 Å². The molecule has 0 radical (unpaired) electrons. The summed E-state index contributed by atoms with van der Waals surface area (Å²) >= 11 is 0. The van der Waals surface area contributed by atoms with E-state index in [-0.39, 0.29) is 11.8 Å². The second-order valence-corrected chi connectivity index (χ2v) is 8.38. The molecule has 5 rings (SSSR count). The number of aryl methyl sites for hydroxylation is 2. The van der Waals surface area contributed by atoms with E-state index in [9.17, 15) is 4.79 Å². The van der Waals surface area contributed by atoms with E-state index in [1.807, 2.05) is 50.4 Å². The first kappa shape index (κ1) is 21.6. The van der Waals surface area contributed by atoms with E-state index >= 15 is 0 Å². The van der Waals surface area contributed by atoms with Crippen molar-refractivity contribution in [1.82, 2.24) is 40.2 Å². The summed E-state index contributed by atoms with van der Waals surface area (Å²) < 4.78 is 1.69. The molecule has 0 bridgehead atoms. The maximum atomic E-state index is 12.8. The molecule has 34 heavy (non-hydrogen) atoms. The number of hydrogen-bond acceptors (Lipinski definition) is 8. The minimum Gasteiger partial charge on any atom is -0.352 e. The average molecular weight is 459 g/mol. The van der Waals surface area contributed by atoms with Crippen LogP contribution >= 0.6 is 0 Å². The molecule has 174 valence electrons. The molecule has 11 heteroatoms. The number of pyridine rings is 1. The molecule has 0 aliphatic carbocycles. The van der Waals surface area contributed by atoms with Gasteiger partial charge in [-0.25, -0.2) is 14.6 Å². The number of aromatic amines is 1. The summed E-state index contributed by atoms with van der Waals surface area (Å²) in [6, 6.07) is 9.46. The highest BCUT2D eigenvalue weighted by atomic mass is 16.1. The first-order valence-corrected chi connectivity index (χ1v) is 11.2. The number of nitrogens with one attached hydrogen (secondary N) is 3. The Labute approximate surface area is 196 Å². The summed E-state index contributed by atoms with van der Waals surface area (Å²) in [7, 11) is 0. The van der Waals surface area contributed by atoms with Crippen LogP contribution in [0.3, 0.4) is 0 Å². The molecule has 0 saturated carbocycles. The molecule has 1 unspecified atom stereocenters. The van der Waals surface area contributed by atoms with Crippen LogP contribution in [0.2, 0.25) is 0 Å². The second kappa shape index (κ2) is 9.30. The van der Waals surface area contributed by atoms with Gasteiger partial charge in [-0.1, -0.05) is 6.07 Å². The third-order valence-electron chi connectivity index (χ3n) is 5.66. The Morgan fingerprint density at radius 1 is 1.21 bits per heavy atom. The smallest absolute Gasteiger partial charge is 0.227 e. The van der Waals surface area contributed by atoms with Gasteiger partial charge < -0.3 is 15.5 Å². The molecule has 1 fully saturated rings. The standard InChI is InChI=1S/C23H26N10O/c1-15-10-19(28-20-11-16(2)30-31-20)29-23(27-15)32-9-6-18(14-32)22(34)25-13-17-4-5-21(24-12-17)33-8-3-7-26-33/h3-5,7-8,10-12,18H,6,9,13-14H2,1-2H3,(H,25,34)(H2,27,28,29,30,31). The number of H-pyrrole nitrogens is 1. The lowest BCUT2D eigenvalue weighted by Gasteiger charge is -2.18. The number of rotatable bonds is 7. The number of amides is 1. The molecule has 1 aliphatic rings. The van der Waals surface area contributed by atoms with Gasteiger partial charge in [0.15, 0.2) is 11.6 Å². The van der Waals surface area contributed by atoms with Crippen molar-refractivity contribution in [2.45, 2.75) is 26.8 Å². The van der Waals surface area contributed by atoms with Gasteiger partial charge in [-0.05, 0) is 38.0 Å². The number of hydrogen-bond donors (Lipinski definition) is 3. The summed E-state index contributed by atoms with van der Waals surface area (Å²) in [5, 5.41) is 17.5. The Morgan fingerprint density at radius 2 is 2.12 bits per heavy atom. The predicted molar refractivity (Wildman–Crippen MR) is 127 cm³/mol. The van der Waals surface area contributed by atoms with Gasteiger partial charge in [-0.15, -0.1) is 0 Å². The van der Waals surface area contributed by atoms with E-state index in [1.54, 1.807) is 17.1 Å². The Hall–Kier alpha value is -4.28. The largest absolute Gasteiger partial charge is 0.352 e. The Kier molecular flexibility index (Phi) is 5.90. The van der Waals surface area contributed by atoms with Crippen molar-refractivity contribution in [3.05, 3.63) is 65.9 Å². The van der Waals surface area contributed by atoms with Crippen LogP contribution in [0, 0.1) is 19.8 Å². The van der Waals surface area contributed by atoms with Crippen LogP contribution in [0.25, 0.3) is 5.82 Å². The normalized spacial score (nSPS) is 15.5. The Bertz CT molecular complexity index is 1270. The van der Waals surface area contributed by atoms with E-state index < -0.39 is 0 Å². The fourth-order valence-electron chi connectivity index (χ4n) is 3.92. The van der Waals surface area contributed by atoms with Crippen LogP contribution in [0.15, 0.2) is 48.9 Å². The van der Waals surface area contributed by atoms with Gasteiger partial charge in [-0.3, -0.25) is 9.89 Å². The van der Waals surface area contributed by atoms with E-state index in [0.29, 0.717) is 30.7 Å². The van der Waals surface area contributed by atoms with Crippen LogP contribution in [-0.4, -0.2) is 53.9 Å². The zero-order valence-electron chi connectivity index (χ0n) is 19.1. The highest BCUT2D eigenvalue weighted by Gasteiger charge is 2.30. The fraction of sp³-hybridized carbons (Fsp3) is 0.304. The van der Waals surface area contributed by atoms with Crippen LogP contribution in [0.5, 0.6) is 0 Å². The molecule has 1 amide bonds. The summed E-state index contributed by atoms with van der Waals surface area (Å²) in [5.74, 6) is 2.63. The first-order chi connectivity index (χ1) is 16.5. The number of carbonyl (C=O) groups is 1. The minimum atomic E-state index is -0.120. The Balaban J connectivity index is 1.17. The summed E-state index contributed by atoms with van der Waals surface area (Å²) in [5.41, 5.74) is 2.75.